The van der Waals surface area contributed by atoms with E-state index in [4.69, 9.17) is 0 Å². The number of esters is 1. The van der Waals surface area contributed by atoms with Crippen molar-refractivity contribution in [2.45, 2.75) is 71.4 Å². The lowest BCUT2D eigenvalue weighted by atomic mass is 9.96. The molecule has 2 aromatic rings. The van der Waals surface area contributed by atoms with Gasteiger partial charge < -0.3 is 24.5 Å². The van der Waals surface area contributed by atoms with Crippen molar-refractivity contribution in [1.29, 1.82) is 0 Å². The first-order valence-electron chi connectivity index (χ1n) is 13.9. The third kappa shape index (κ3) is 10.2. The normalized spacial score (nSPS) is 11.5. The molecule has 0 unspecified atom stereocenters. The van der Waals surface area contributed by atoms with E-state index in [1.165, 1.54) is 33.9 Å². The zero-order chi connectivity index (χ0) is 31.2. The number of hydrogen-bond donors (Lipinski definition) is 2. The molecule has 0 bridgehead atoms. The van der Waals surface area contributed by atoms with E-state index in [0.717, 1.165) is 26.4 Å². The molecule has 0 aliphatic rings. The van der Waals surface area contributed by atoms with Crippen molar-refractivity contribution in [3.05, 3.63) is 52.5 Å². The van der Waals surface area contributed by atoms with Crippen molar-refractivity contribution < 1.29 is 33.5 Å². The van der Waals surface area contributed by atoms with E-state index in [0.29, 0.717) is 12.3 Å². The number of imidazole rings is 1. The fraction of sp³-hybridized carbons (Fsp3) is 0.517. The van der Waals surface area contributed by atoms with Gasteiger partial charge in [0.05, 0.1) is 32.2 Å². The number of carbonyl (C=O) groups excluding carboxylic acids is 6. The largest absolute Gasteiger partial charge is 0.468 e. The highest BCUT2D eigenvalue weighted by Gasteiger charge is 2.26. The first kappa shape index (κ1) is 33.8. The van der Waals surface area contributed by atoms with Gasteiger partial charge >= 0.3 is 5.97 Å². The van der Waals surface area contributed by atoms with Crippen LogP contribution in [-0.4, -0.2) is 68.9 Å². The first-order chi connectivity index (χ1) is 20.0. The number of methoxy groups -OCH3 is 1. The molecule has 0 aromatic carbocycles. The average Bonchev–Trinajstić information content (AvgIpc) is 3.41. The minimum atomic E-state index is -1.22. The van der Waals surface area contributed by atoms with E-state index in [-0.39, 0.29) is 36.4 Å². The quantitative estimate of drug-likeness (QED) is 0.190. The number of pyridine rings is 1. The molecule has 0 aliphatic carbocycles. The molecule has 2 rings (SSSR count). The molecule has 13 heteroatoms. The van der Waals surface area contributed by atoms with E-state index in [1.54, 1.807) is 13.1 Å². The predicted octanol–water partition coefficient (Wildman–Crippen LogP) is 0.916. The zero-order valence-electron chi connectivity index (χ0n) is 24.5. The van der Waals surface area contributed by atoms with Crippen molar-refractivity contribution >= 4 is 35.1 Å². The van der Waals surface area contributed by atoms with Crippen LogP contribution in [0.25, 0.3) is 0 Å². The van der Waals surface area contributed by atoms with Crippen LogP contribution >= 0.6 is 0 Å². The molecule has 228 valence electrons. The third-order valence-corrected chi connectivity index (χ3v) is 7.07. The number of rotatable bonds is 18. The van der Waals surface area contributed by atoms with Crippen LogP contribution in [0, 0.1) is 5.92 Å². The van der Waals surface area contributed by atoms with Crippen LogP contribution < -0.4 is 16.2 Å². The van der Waals surface area contributed by atoms with Crippen molar-refractivity contribution in [3.63, 3.8) is 0 Å². The topological polar surface area (TPSA) is 176 Å². The second-order valence-corrected chi connectivity index (χ2v) is 10.0. The molecule has 2 heterocycles. The smallest absolute Gasteiger partial charge is 0.325 e. The SMILES string of the molecule is CCC(CC)CCC(=O)Cn1cccc(CC(=O)[C@H](CCC(=O)C(=O)NCC(=O)OC)NC(=O)c2cncn2C)c1=O. The van der Waals surface area contributed by atoms with Crippen LogP contribution in [0.15, 0.2) is 35.6 Å². The lowest BCUT2D eigenvalue weighted by molar-refractivity contribution is -0.143. The molecule has 13 nitrogen and oxygen atoms in total. The first-order valence-corrected chi connectivity index (χ1v) is 13.9. The van der Waals surface area contributed by atoms with E-state index < -0.39 is 53.9 Å². The average molecular weight is 586 g/mol. The second kappa shape index (κ2) is 16.7. The van der Waals surface area contributed by atoms with Crippen molar-refractivity contribution in [3.8, 4) is 0 Å². The summed E-state index contributed by atoms with van der Waals surface area (Å²) in [6.45, 7) is 3.54. The van der Waals surface area contributed by atoms with Crippen LogP contribution in [0.4, 0.5) is 0 Å². The number of nitrogens with one attached hydrogen (secondary N) is 2. The summed E-state index contributed by atoms with van der Waals surface area (Å²) in [5.74, 6) is -3.52. The van der Waals surface area contributed by atoms with Gasteiger partial charge in [0.1, 0.15) is 12.2 Å². The Morgan fingerprint density at radius 2 is 1.76 bits per heavy atom. The molecule has 0 fully saturated rings. The molecule has 1 atom stereocenters. The highest BCUT2D eigenvalue weighted by atomic mass is 16.5. The van der Waals surface area contributed by atoms with Crippen LogP contribution in [0.1, 0.15) is 68.4 Å². The minimum Gasteiger partial charge on any atom is -0.468 e. The molecule has 2 aromatic heterocycles. The van der Waals surface area contributed by atoms with Crippen LogP contribution in [-0.2, 0) is 48.7 Å². The van der Waals surface area contributed by atoms with Crippen molar-refractivity contribution in [1.82, 2.24) is 24.8 Å². The molecule has 42 heavy (non-hydrogen) atoms. The van der Waals surface area contributed by atoms with E-state index in [2.05, 4.69) is 34.2 Å². The summed E-state index contributed by atoms with van der Waals surface area (Å²) >= 11 is 0. The summed E-state index contributed by atoms with van der Waals surface area (Å²) in [4.78, 5) is 91.3. The molecule has 0 aliphatic heterocycles. The molecule has 0 spiro atoms. The van der Waals surface area contributed by atoms with Gasteiger partial charge in [-0.2, -0.15) is 0 Å². The summed E-state index contributed by atoms with van der Waals surface area (Å²) in [6.07, 6.45) is 6.22. The highest BCUT2D eigenvalue weighted by Crippen LogP contribution is 2.15. The molecular weight excluding hydrogens is 546 g/mol. The number of amides is 2. The Kier molecular flexibility index (Phi) is 13.5. The minimum absolute atomic E-state index is 0.0854. The summed E-state index contributed by atoms with van der Waals surface area (Å²) in [6, 6.07) is 1.81. The van der Waals surface area contributed by atoms with Gasteiger partial charge in [-0.3, -0.25) is 33.6 Å². The lowest BCUT2D eigenvalue weighted by Gasteiger charge is -2.18. The summed E-state index contributed by atoms with van der Waals surface area (Å²) in [5, 5.41) is 4.70. The molecule has 2 amide bonds. The van der Waals surface area contributed by atoms with Gasteiger partial charge in [0, 0.05) is 38.1 Å². The van der Waals surface area contributed by atoms with Crippen LogP contribution in [0.2, 0.25) is 0 Å². The predicted molar refractivity (Wildman–Crippen MR) is 151 cm³/mol. The highest BCUT2D eigenvalue weighted by molar-refractivity contribution is 6.36. The maximum absolute atomic E-state index is 13.3. The fourth-order valence-electron chi connectivity index (χ4n) is 4.32. The van der Waals surface area contributed by atoms with E-state index in [1.807, 2.05) is 0 Å². The fourth-order valence-corrected chi connectivity index (χ4v) is 4.32. The molecule has 0 saturated heterocycles. The Labute approximate surface area is 244 Å². The summed E-state index contributed by atoms with van der Waals surface area (Å²) in [7, 11) is 2.72. The van der Waals surface area contributed by atoms with Gasteiger partial charge in [-0.25, -0.2) is 4.98 Å². The Balaban J connectivity index is 2.15. The zero-order valence-corrected chi connectivity index (χ0v) is 24.5. The van der Waals surface area contributed by atoms with Crippen LogP contribution in [0.3, 0.4) is 0 Å². The number of aromatic nitrogens is 3. The monoisotopic (exact) mass is 585 g/mol. The number of nitrogens with zero attached hydrogens (tertiary/aromatic N) is 3. The summed E-state index contributed by atoms with van der Waals surface area (Å²) in [5.41, 5.74) is -0.224. The van der Waals surface area contributed by atoms with Gasteiger partial charge in [-0.15, -0.1) is 0 Å². The lowest BCUT2D eigenvalue weighted by Crippen LogP contribution is -2.44. The standard InChI is InChI=1S/C29H39N5O8/c1-5-19(6-2)9-10-21(35)17-34-13-7-8-20(29(34)41)14-25(37)22(32-27(39)23-15-30-18-33(23)3)11-12-24(36)28(40)31-16-26(38)42-4/h7-8,13,15,18-19,22H,5-6,9-12,14,16-17H2,1-4H3,(H,31,40)(H,32,39)/t22-/m0/s1. The Morgan fingerprint density at radius 3 is 2.38 bits per heavy atom. The maximum Gasteiger partial charge on any atom is 0.325 e. The van der Waals surface area contributed by atoms with Gasteiger partial charge in [-0.1, -0.05) is 32.8 Å². The number of ether oxygens (including phenoxy) is 1. The maximum atomic E-state index is 13.3. The van der Waals surface area contributed by atoms with Gasteiger partial charge in [0.25, 0.3) is 17.4 Å². The van der Waals surface area contributed by atoms with E-state index >= 15 is 0 Å². The molecule has 0 radical (unpaired) electrons. The summed E-state index contributed by atoms with van der Waals surface area (Å²) < 4.78 is 7.12. The van der Waals surface area contributed by atoms with Gasteiger partial charge in [0.15, 0.2) is 11.6 Å². The Hall–Kier alpha value is -4.42. The number of Topliss-reactive ketones (excluding diaryl/α,β-unsaturated/α-hetero) is 3. The second-order valence-electron chi connectivity index (χ2n) is 10.0. The Morgan fingerprint density at radius 1 is 1.05 bits per heavy atom. The van der Waals surface area contributed by atoms with Crippen molar-refractivity contribution in [2.75, 3.05) is 13.7 Å². The number of hydrogen-bond acceptors (Lipinski definition) is 9. The molecule has 0 saturated carbocycles. The third-order valence-electron chi connectivity index (χ3n) is 7.07. The molecule has 2 N–H and O–H groups in total. The van der Waals surface area contributed by atoms with Gasteiger partial charge in [-0.05, 0) is 24.8 Å². The number of ketones is 3. The Bertz CT molecular complexity index is 1340. The number of aryl methyl sites for hydroxylation is 1. The van der Waals surface area contributed by atoms with Crippen molar-refractivity contribution in [2.24, 2.45) is 13.0 Å². The van der Waals surface area contributed by atoms with Crippen LogP contribution in [0.5, 0.6) is 0 Å². The van der Waals surface area contributed by atoms with E-state index in [9.17, 15) is 33.6 Å². The number of carbonyl (C=O) groups is 6. The van der Waals surface area contributed by atoms with Gasteiger partial charge in [0.2, 0.25) is 5.78 Å². The molecular formula is C29H39N5O8.